The van der Waals surface area contributed by atoms with Crippen LogP contribution in [0.5, 0.6) is 0 Å². The zero-order valence-corrected chi connectivity index (χ0v) is 34.2. The van der Waals surface area contributed by atoms with E-state index in [1.165, 1.54) is 193 Å². The van der Waals surface area contributed by atoms with E-state index in [0.717, 1.165) is 25.7 Å². The summed E-state index contributed by atoms with van der Waals surface area (Å²) in [7, 11) is -4.56. The van der Waals surface area contributed by atoms with Crippen molar-refractivity contribution in [1.29, 1.82) is 0 Å². The lowest BCUT2D eigenvalue weighted by atomic mass is 10.0. The third-order valence-electron chi connectivity index (χ3n) is 9.72. The van der Waals surface area contributed by atoms with Crippen LogP contribution in [-0.4, -0.2) is 29.1 Å². The minimum Gasteiger partial charge on any atom is -0.498 e. The van der Waals surface area contributed by atoms with Crippen LogP contribution in [0.25, 0.3) is 0 Å². The SMILES string of the molecule is CCCCCCCCCCCCCCCCCCC=COC[C@H](COP(=O)(O)O)OC=CCCCCCCCCCCCCCCCCCC. The van der Waals surface area contributed by atoms with E-state index in [4.69, 9.17) is 19.3 Å². The molecule has 7 heteroatoms. The molecular formula is C43H85O6P. The first-order valence-corrected chi connectivity index (χ1v) is 23.3. The van der Waals surface area contributed by atoms with Crippen LogP contribution >= 0.6 is 7.82 Å². The largest absolute Gasteiger partial charge is 0.498 e. The maximum Gasteiger partial charge on any atom is 0.469 e. The van der Waals surface area contributed by atoms with E-state index in [1.807, 2.05) is 12.2 Å². The number of rotatable bonds is 42. The topological polar surface area (TPSA) is 85.2 Å². The summed E-state index contributed by atoms with van der Waals surface area (Å²) in [5.41, 5.74) is 0. The first-order chi connectivity index (χ1) is 24.5. The van der Waals surface area contributed by atoms with Crippen LogP contribution in [0.4, 0.5) is 0 Å². The Balaban J connectivity index is 3.72. The molecule has 0 heterocycles. The van der Waals surface area contributed by atoms with Gasteiger partial charge in [-0.15, -0.1) is 0 Å². The fraction of sp³-hybridized carbons (Fsp3) is 0.907. The van der Waals surface area contributed by atoms with E-state index in [1.54, 1.807) is 12.5 Å². The van der Waals surface area contributed by atoms with Gasteiger partial charge in [-0.05, 0) is 37.8 Å². The van der Waals surface area contributed by atoms with Crippen molar-refractivity contribution < 1.29 is 28.3 Å². The highest BCUT2D eigenvalue weighted by molar-refractivity contribution is 7.46. The minimum atomic E-state index is -4.56. The standard InChI is InChI=1S/C43H85O6P/c1-3-5-7-9-11-13-15-17-19-21-23-25-27-29-31-33-35-37-39-47-41-43(42-49-50(44,45)46)48-40-38-36-34-32-30-28-26-24-22-20-18-16-14-12-10-8-6-4-2/h37-40,43H,3-36,41-42H2,1-2H3,(H2,44,45,46)/t43-/m1/s1. The van der Waals surface area contributed by atoms with Crippen LogP contribution in [-0.2, 0) is 18.6 Å². The summed E-state index contributed by atoms with van der Waals surface area (Å²) in [6.07, 6.45) is 52.3. The Hall–Kier alpha value is -0.810. The molecule has 0 radical (unpaired) electrons. The van der Waals surface area contributed by atoms with Crippen LogP contribution in [0.1, 0.15) is 232 Å². The summed E-state index contributed by atoms with van der Waals surface area (Å²) in [6.45, 7) is 4.52. The second-order valence-electron chi connectivity index (χ2n) is 14.8. The molecule has 0 aliphatic heterocycles. The van der Waals surface area contributed by atoms with Gasteiger partial charge in [-0.25, -0.2) is 4.57 Å². The number of hydrogen-bond donors (Lipinski definition) is 2. The highest BCUT2D eigenvalue weighted by Gasteiger charge is 2.19. The lowest BCUT2D eigenvalue weighted by Gasteiger charge is -2.16. The summed E-state index contributed by atoms with van der Waals surface area (Å²) in [4.78, 5) is 18.2. The molecule has 2 N–H and O–H groups in total. The van der Waals surface area contributed by atoms with Crippen molar-refractivity contribution in [2.75, 3.05) is 13.2 Å². The monoisotopic (exact) mass is 729 g/mol. The number of hydrogen-bond acceptors (Lipinski definition) is 4. The van der Waals surface area contributed by atoms with E-state index in [9.17, 15) is 4.57 Å². The van der Waals surface area contributed by atoms with Crippen LogP contribution in [0.15, 0.2) is 24.7 Å². The van der Waals surface area contributed by atoms with Crippen molar-refractivity contribution in [3.8, 4) is 0 Å². The maximum absolute atomic E-state index is 11.2. The first-order valence-electron chi connectivity index (χ1n) is 21.8. The molecule has 0 unspecified atom stereocenters. The number of phosphoric acid groups is 1. The normalized spacial score (nSPS) is 12.8. The molecule has 0 aromatic carbocycles. The Labute approximate surface area is 311 Å². The molecule has 0 aromatic heterocycles. The molecular weight excluding hydrogens is 643 g/mol. The molecule has 1 atom stereocenters. The Bertz CT molecular complexity index is 752. The van der Waals surface area contributed by atoms with Gasteiger partial charge in [0.05, 0.1) is 19.1 Å². The predicted molar refractivity (Wildman–Crippen MR) is 215 cm³/mol. The molecule has 0 saturated heterocycles. The summed E-state index contributed by atoms with van der Waals surface area (Å²) in [5.74, 6) is 0. The van der Waals surface area contributed by atoms with Gasteiger partial charge >= 0.3 is 7.82 Å². The molecule has 0 aliphatic carbocycles. The third kappa shape index (κ3) is 43.4. The van der Waals surface area contributed by atoms with Gasteiger partial charge in [0.1, 0.15) is 6.61 Å². The summed E-state index contributed by atoms with van der Waals surface area (Å²) < 4.78 is 27.2. The predicted octanol–water partition coefficient (Wildman–Crippen LogP) is 14.8. The Kier molecular flexibility index (Phi) is 40.3. The number of ether oxygens (including phenoxy) is 2. The van der Waals surface area contributed by atoms with Gasteiger partial charge in [0.25, 0.3) is 0 Å². The maximum atomic E-state index is 11.2. The lowest BCUT2D eigenvalue weighted by Crippen LogP contribution is -2.22. The minimum absolute atomic E-state index is 0.179. The second-order valence-corrected chi connectivity index (χ2v) is 16.0. The van der Waals surface area contributed by atoms with Gasteiger partial charge in [-0.1, -0.05) is 206 Å². The zero-order chi connectivity index (χ0) is 36.5. The highest BCUT2D eigenvalue weighted by Crippen LogP contribution is 2.35. The van der Waals surface area contributed by atoms with Crippen molar-refractivity contribution in [2.24, 2.45) is 0 Å². The van der Waals surface area contributed by atoms with E-state index in [2.05, 4.69) is 18.4 Å². The zero-order valence-electron chi connectivity index (χ0n) is 33.3. The van der Waals surface area contributed by atoms with Gasteiger partial charge in [0.2, 0.25) is 0 Å². The average Bonchev–Trinajstić information content (AvgIpc) is 3.10. The Morgan fingerprint density at radius 2 is 0.740 bits per heavy atom. The molecule has 0 rings (SSSR count). The van der Waals surface area contributed by atoms with Crippen LogP contribution < -0.4 is 0 Å². The van der Waals surface area contributed by atoms with Gasteiger partial charge < -0.3 is 19.3 Å². The molecule has 0 bridgehead atoms. The van der Waals surface area contributed by atoms with Crippen LogP contribution in [0.3, 0.4) is 0 Å². The third-order valence-corrected chi connectivity index (χ3v) is 10.2. The van der Waals surface area contributed by atoms with Gasteiger partial charge in [0, 0.05) is 0 Å². The first kappa shape index (κ1) is 49.2. The van der Waals surface area contributed by atoms with Gasteiger partial charge in [0.15, 0.2) is 6.10 Å². The Morgan fingerprint density at radius 1 is 0.440 bits per heavy atom. The highest BCUT2D eigenvalue weighted by atomic mass is 31.2. The van der Waals surface area contributed by atoms with E-state index < -0.39 is 13.9 Å². The van der Waals surface area contributed by atoms with Crippen molar-refractivity contribution >= 4 is 7.82 Å². The van der Waals surface area contributed by atoms with Crippen molar-refractivity contribution in [1.82, 2.24) is 0 Å². The molecule has 6 nitrogen and oxygen atoms in total. The molecule has 0 fully saturated rings. The summed E-state index contributed by atoms with van der Waals surface area (Å²) in [5, 5.41) is 0. The Morgan fingerprint density at radius 3 is 1.06 bits per heavy atom. The van der Waals surface area contributed by atoms with Gasteiger partial charge in [-0.2, -0.15) is 0 Å². The molecule has 0 saturated carbocycles. The van der Waals surface area contributed by atoms with Crippen molar-refractivity contribution in [3.63, 3.8) is 0 Å². The average molecular weight is 729 g/mol. The fourth-order valence-corrected chi connectivity index (χ4v) is 6.82. The molecule has 0 aromatic rings. The molecule has 0 spiro atoms. The number of allylic oxidation sites excluding steroid dienone is 2. The second kappa shape index (κ2) is 41.0. The van der Waals surface area contributed by atoms with Crippen molar-refractivity contribution in [3.05, 3.63) is 24.7 Å². The molecule has 0 aliphatic rings. The number of phosphoric ester groups is 1. The lowest BCUT2D eigenvalue weighted by molar-refractivity contribution is 0.0244. The molecule has 50 heavy (non-hydrogen) atoms. The van der Waals surface area contributed by atoms with Crippen molar-refractivity contribution in [2.45, 2.75) is 238 Å². The fourth-order valence-electron chi connectivity index (χ4n) is 6.46. The molecule has 298 valence electrons. The quantitative estimate of drug-likeness (QED) is 0.0370. The van der Waals surface area contributed by atoms with Gasteiger partial charge in [-0.3, -0.25) is 4.52 Å². The molecule has 0 amide bonds. The number of unbranched alkanes of at least 4 members (excludes halogenated alkanes) is 32. The smallest absolute Gasteiger partial charge is 0.469 e. The summed E-state index contributed by atoms with van der Waals surface area (Å²) in [6, 6.07) is 0. The van der Waals surface area contributed by atoms with E-state index in [-0.39, 0.29) is 13.2 Å². The van der Waals surface area contributed by atoms with Crippen LogP contribution in [0.2, 0.25) is 0 Å². The summed E-state index contributed by atoms with van der Waals surface area (Å²) >= 11 is 0. The van der Waals surface area contributed by atoms with Crippen LogP contribution in [0, 0.1) is 0 Å². The van der Waals surface area contributed by atoms with E-state index in [0.29, 0.717) is 0 Å². The van der Waals surface area contributed by atoms with E-state index >= 15 is 0 Å².